The molecule has 0 amide bonds. The number of rotatable bonds is 6. The maximum atomic E-state index is 5.81. The van der Waals surface area contributed by atoms with Crippen molar-refractivity contribution in [1.82, 2.24) is 30.0 Å². The Balaban J connectivity index is 1.44. The molecule has 0 bridgehead atoms. The second-order valence-electron chi connectivity index (χ2n) is 5.29. The van der Waals surface area contributed by atoms with Crippen molar-refractivity contribution in [3.63, 3.8) is 0 Å². The number of aromatic nitrogens is 6. The first kappa shape index (κ1) is 16.4. The van der Waals surface area contributed by atoms with Crippen LogP contribution in [0, 0.1) is 13.8 Å². The van der Waals surface area contributed by atoms with E-state index in [-0.39, 0.29) is 0 Å². The smallest absolute Gasteiger partial charge is 0.234 e. The molecule has 0 spiro atoms. The largest absolute Gasteiger partial charge is 0.486 e. The van der Waals surface area contributed by atoms with Crippen LogP contribution in [0.3, 0.4) is 0 Å². The van der Waals surface area contributed by atoms with Crippen LogP contribution in [0.1, 0.15) is 21.4 Å². The summed E-state index contributed by atoms with van der Waals surface area (Å²) in [5.74, 6) is 2.29. The highest BCUT2D eigenvalue weighted by Gasteiger charge is 2.13. The molecule has 0 radical (unpaired) electrons. The van der Waals surface area contributed by atoms with Gasteiger partial charge in [0.15, 0.2) is 15.2 Å². The van der Waals surface area contributed by atoms with E-state index in [0.29, 0.717) is 12.4 Å². The molecule has 10 heteroatoms. The third kappa shape index (κ3) is 3.80. The zero-order chi connectivity index (χ0) is 17.2. The lowest BCUT2D eigenvalue weighted by Gasteiger charge is -2.03. The minimum absolute atomic E-state index is 0.416. The summed E-state index contributed by atoms with van der Waals surface area (Å²) in [6.45, 7) is 4.40. The maximum Gasteiger partial charge on any atom is 0.234 e. The number of hydrogen-bond donors (Lipinski definition) is 0. The van der Waals surface area contributed by atoms with Crippen molar-refractivity contribution in [1.29, 1.82) is 0 Å². The summed E-state index contributed by atoms with van der Waals surface area (Å²) in [5.41, 5.74) is 1.17. The highest BCUT2D eigenvalue weighted by molar-refractivity contribution is 8.00. The van der Waals surface area contributed by atoms with E-state index in [0.717, 1.165) is 30.9 Å². The van der Waals surface area contributed by atoms with Gasteiger partial charge in [-0.3, -0.25) is 0 Å². The van der Waals surface area contributed by atoms with Crippen LogP contribution in [0.15, 0.2) is 28.6 Å². The van der Waals surface area contributed by atoms with E-state index in [4.69, 9.17) is 4.74 Å². The van der Waals surface area contributed by atoms with Gasteiger partial charge in [-0.15, -0.1) is 20.4 Å². The fourth-order valence-electron chi connectivity index (χ4n) is 2.16. The summed E-state index contributed by atoms with van der Waals surface area (Å²) in [4.78, 5) is 0.770. The predicted molar refractivity (Wildman–Crippen MR) is 98.4 cm³/mol. The van der Waals surface area contributed by atoms with Crippen molar-refractivity contribution >= 4 is 39.4 Å². The van der Waals surface area contributed by atoms with E-state index in [1.807, 2.05) is 38.1 Å². The average Bonchev–Trinajstić information content (AvgIpc) is 3.27. The number of ether oxygens (including phenoxy) is 1. The van der Waals surface area contributed by atoms with E-state index in [1.54, 1.807) is 27.6 Å². The lowest BCUT2D eigenvalue weighted by molar-refractivity contribution is 0.304. The van der Waals surface area contributed by atoms with Gasteiger partial charge in [-0.2, -0.15) is 9.61 Å². The second kappa shape index (κ2) is 7.06. The third-order valence-corrected chi connectivity index (χ3v) is 6.12. The van der Waals surface area contributed by atoms with Gasteiger partial charge in [0, 0.05) is 0 Å². The highest BCUT2D eigenvalue weighted by Crippen LogP contribution is 2.26. The van der Waals surface area contributed by atoms with Crippen molar-refractivity contribution in [3.8, 4) is 5.75 Å². The van der Waals surface area contributed by atoms with Crippen molar-refractivity contribution < 1.29 is 4.74 Å². The Morgan fingerprint density at radius 3 is 2.84 bits per heavy atom. The first-order valence-electron chi connectivity index (χ1n) is 7.50. The Morgan fingerprint density at radius 2 is 2.04 bits per heavy atom. The van der Waals surface area contributed by atoms with Crippen LogP contribution in [-0.2, 0) is 12.4 Å². The standard InChI is InChI=1S/C15H14N6OS3/c1-9-4-3-5-11(6-9)22-7-13-20-21-12(17-18-14(21)25-13)8-23-15-19-16-10(2)24-15/h3-6H,7-8H2,1-2H3. The molecule has 128 valence electrons. The van der Waals surface area contributed by atoms with Crippen LogP contribution in [0.25, 0.3) is 4.96 Å². The molecule has 0 aliphatic rings. The Bertz CT molecular complexity index is 1010. The molecular weight excluding hydrogens is 376 g/mol. The van der Waals surface area contributed by atoms with E-state index in [1.165, 1.54) is 16.9 Å². The molecule has 4 rings (SSSR count). The lowest BCUT2D eigenvalue weighted by atomic mass is 10.2. The first-order chi connectivity index (χ1) is 12.2. The quantitative estimate of drug-likeness (QED) is 0.466. The molecule has 0 atom stereocenters. The van der Waals surface area contributed by atoms with Crippen molar-refractivity contribution in [2.45, 2.75) is 30.5 Å². The molecule has 0 unspecified atom stereocenters. The van der Waals surface area contributed by atoms with Gasteiger partial charge < -0.3 is 4.74 Å². The molecule has 0 aliphatic heterocycles. The second-order valence-corrected chi connectivity index (χ2v) is 8.73. The van der Waals surface area contributed by atoms with E-state index < -0.39 is 0 Å². The molecule has 0 saturated heterocycles. The fraction of sp³-hybridized carbons (Fsp3) is 0.267. The van der Waals surface area contributed by atoms with Crippen LogP contribution in [0.4, 0.5) is 0 Å². The molecule has 3 aromatic heterocycles. The molecule has 7 nitrogen and oxygen atoms in total. The molecule has 4 aromatic rings. The average molecular weight is 391 g/mol. The monoisotopic (exact) mass is 390 g/mol. The maximum absolute atomic E-state index is 5.81. The first-order valence-corrected chi connectivity index (χ1v) is 10.1. The van der Waals surface area contributed by atoms with Crippen molar-refractivity contribution in [2.24, 2.45) is 0 Å². The van der Waals surface area contributed by atoms with Crippen LogP contribution in [0.2, 0.25) is 0 Å². The van der Waals surface area contributed by atoms with Crippen LogP contribution >= 0.6 is 34.4 Å². The molecule has 0 saturated carbocycles. The molecular formula is C15H14N6OS3. The minimum Gasteiger partial charge on any atom is -0.486 e. The molecule has 25 heavy (non-hydrogen) atoms. The predicted octanol–water partition coefficient (Wildman–Crippen LogP) is 3.53. The van der Waals surface area contributed by atoms with Crippen LogP contribution < -0.4 is 4.74 Å². The van der Waals surface area contributed by atoms with Gasteiger partial charge in [-0.05, 0) is 31.5 Å². The molecule has 1 aromatic carbocycles. The summed E-state index contributed by atoms with van der Waals surface area (Å²) >= 11 is 4.65. The molecule has 0 N–H and O–H groups in total. The zero-order valence-corrected chi connectivity index (χ0v) is 16.0. The van der Waals surface area contributed by atoms with E-state index in [9.17, 15) is 0 Å². The molecule has 3 heterocycles. The normalized spacial score (nSPS) is 11.3. The number of hydrogen-bond acceptors (Lipinski definition) is 9. The van der Waals surface area contributed by atoms with E-state index in [2.05, 4.69) is 25.5 Å². The Labute approximate surface area is 156 Å². The van der Waals surface area contributed by atoms with Gasteiger partial charge >= 0.3 is 0 Å². The summed E-state index contributed by atoms with van der Waals surface area (Å²) < 4.78 is 8.51. The number of fused-ring (bicyclic) bond motifs is 1. The minimum atomic E-state index is 0.416. The third-order valence-electron chi connectivity index (χ3n) is 3.28. The summed E-state index contributed by atoms with van der Waals surface area (Å²) in [5, 5.41) is 22.9. The van der Waals surface area contributed by atoms with Crippen LogP contribution in [0.5, 0.6) is 5.75 Å². The topological polar surface area (TPSA) is 78.1 Å². The summed E-state index contributed by atoms with van der Waals surface area (Å²) in [6, 6.07) is 7.97. The van der Waals surface area contributed by atoms with Gasteiger partial charge in [0.05, 0.1) is 5.75 Å². The Morgan fingerprint density at radius 1 is 1.12 bits per heavy atom. The van der Waals surface area contributed by atoms with Gasteiger partial charge in [-0.25, -0.2) is 0 Å². The summed E-state index contributed by atoms with van der Waals surface area (Å²) in [7, 11) is 0. The van der Waals surface area contributed by atoms with E-state index >= 15 is 0 Å². The lowest BCUT2D eigenvalue weighted by Crippen LogP contribution is -1.99. The molecule has 0 fully saturated rings. The number of benzene rings is 1. The number of aryl methyl sites for hydroxylation is 2. The van der Waals surface area contributed by atoms with Gasteiger partial charge in [0.1, 0.15) is 17.4 Å². The summed E-state index contributed by atoms with van der Waals surface area (Å²) in [6.07, 6.45) is 0. The van der Waals surface area contributed by atoms with Crippen molar-refractivity contribution in [3.05, 3.63) is 45.7 Å². The zero-order valence-electron chi connectivity index (χ0n) is 13.5. The SMILES string of the molecule is Cc1cccc(OCc2nn3c(CSc4nnc(C)s4)nnc3s2)c1. The van der Waals surface area contributed by atoms with Gasteiger partial charge in [0.2, 0.25) is 4.96 Å². The Hall–Kier alpha value is -2.04. The van der Waals surface area contributed by atoms with Crippen LogP contribution in [-0.4, -0.2) is 30.0 Å². The van der Waals surface area contributed by atoms with Crippen molar-refractivity contribution in [2.75, 3.05) is 0 Å². The molecule has 0 aliphatic carbocycles. The fourth-order valence-corrected chi connectivity index (χ4v) is 4.65. The number of thioether (sulfide) groups is 1. The number of nitrogens with zero attached hydrogens (tertiary/aromatic N) is 6. The van der Waals surface area contributed by atoms with Gasteiger partial charge in [-0.1, -0.05) is 46.6 Å². The highest BCUT2D eigenvalue weighted by atomic mass is 32.2. The van der Waals surface area contributed by atoms with Gasteiger partial charge in [0.25, 0.3) is 0 Å². The Kier molecular flexibility index (Phi) is 4.64.